The molecular weight excluding hydrogens is 438 g/mol. The fourth-order valence-corrected chi connectivity index (χ4v) is 5.50. The van der Waals surface area contributed by atoms with Crippen molar-refractivity contribution in [3.8, 4) is 5.75 Å². The number of amides is 1. The molecule has 1 aromatic carbocycles. The summed E-state index contributed by atoms with van der Waals surface area (Å²) in [6.45, 7) is 5.82. The summed E-state index contributed by atoms with van der Waals surface area (Å²) in [7, 11) is 3.01. The fraction of sp³-hybridized carbons (Fsp3) is 0.480. The van der Waals surface area contributed by atoms with Crippen LogP contribution in [0.25, 0.3) is 0 Å². The van der Waals surface area contributed by atoms with E-state index in [0.717, 1.165) is 42.4 Å². The molecule has 1 aromatic rings. The van der Waals surface area contributed by atoms with E-state index in [9.17, 15) is 9.59 Å². The fourth-order valence-electron chi connectivity index (χ4n) is 4.56. The summed E-state index contributed by atoms with van der Waals surface area (Å²) in [6, 6.07) is 7.25. The number of carbonyl (C=O) groups excluding carboxylic acids is 2. The zero-order valence-electron chi connectivity index (χ0n) is 19.7. The van der Waals surface area contributed by atoms with Crippen LogP contribution in [0.3, 0.4) is 0 Å². The summed E-state index contributed by atoms with van der Waals surface area (Å²) in [5, 5.41) is 2.77. The first-order chi connectivity index (χ1) is 16.0. The molecule has 0 spiro atoms. The highest BCUT2D eigenvalue weighted by molar-refractivity contribution is 8.16. The van der Waals surface area contributed by atoms with Crippen LogP contribution in [0.2, 0.25) is 0 Å². The Morgan fingerprint density at radius 3 is 2.64 bits per heavy atom. The SMILES string of the molecule is CCC1=C(C(=O)OC)[C@H](c2cccc(OC)c2)N2C(CC(=O)N3CCC(C)CC3)=CSC2=N1. The van der Waals surface area contributed by atoms with Gasteiger partial charge in [0, 0.05) is 18.8 Å². The van der Waals surface area contributed by atoms with Crippen LogP contribution in [0.5, 0.6) is 5.75 Å². The van der Waals surface area contributed by atoms with Gasteiger partial charge in [0.2, 0.25) is 5.91 Å². The number of likely N-dealkylation sites (tertiary alicyclic amines) is 1. The normalized spacial score (nSPS) is 20.9. The van der Waals surface area contributed by atoms with Gasteiger partial charge >= 0.3 is 5.97 Å². The smallest absolute Gasteiger partial charge is 0.338 e. The molecule has 1 amide bonds. The molecule has 4 rings (SSSR count). The molecule has 0 saturated carbocycles. The van der Waals surface area contributed by atoms with E-state index in [0.29, 0.717) is 29.4 Å². The van der Waals surface area contributed by atoms with Crippen LogP contribution in [0.4, 0.5) is 0 Å². The number of amidine groups is 1. The highest BCUT2D eigenvalue weighted by Gasteiger charge is 2.42. The summed E-state index contributed by atoms with van der Waals surface area (Å²) >= 11 is 1.50. The molecule has 8 heteroatoms. The molecule has 0 bridgehead atoms. The van der Waals surface area contributed by atoms with Crippen molar-refractivity contribution < 1.29 is 19.1 Å². The molecule has 0 aliphatic carbocycles. The summed E-state index contributed by atoms with van der Waals surface area (Å²) in [5.41, 5.74) is 2.96. The van der Waals surface area contributed by atoms with Crippen molar-refractivity contribution in [3.05, 3.63) is 52.2 Å². The lowest BCUT2D eigenvalue weighted by atomic mass is 9.92. The number of allylic oxidation sites excluding steroid dienone is 1. The van der Waals surface area contributed by atoms with Gasteiger partial charge in [0.05, 0.1) is 38.0 Å². The minimum absolute atomic E-state index is 0.115. The number of piperidine rings is 1. The lowest BCUT2D eigenvalue weighted by Gasteiger charge is -2.37. The van der Waals surface area contributed by atoms with Crippen molar-refractivity contribution in [3.63, 3.8) is 0 Å². The van der Waals surface area contributed by atoms with Crippen LogP contribution in [0, 0.1) is 5.92 Å². The Kier molecular flexibility index (Phi) is 7.12. The van der Waals surface area contributed by atoms with E-state index in [1.54, 1.807) is 7.11 Å². The van der Waals surface area contributed by atoms with Crippen LogP contribution in [-0.4, -0.2) is 54.2 Å². The number of benzene rings is 1. The van der Waals surface area contributed by atoms with Crippen molar-refractivity contribution in [2.45, 2.75) is 45.6 Å². The summed E-state index contributed by atoms with van der Waals surface area (Å²) in [5.74, 6) is 1.07. The molecule has 0 aromatic heterocycles. The molecular formula is C25H31N3O4S. The third kappa shape index (κ3) is 4.67. The lowest BCUT2D eigenvalue weighted by molar-refractivity contribution is -0.136. The number of nitrogens with zero attached hydrogens (tertiary/aromatic N) is 3. The predicted molar refractivity (Wildman–Crippen MR) is 130 cm³/mol. The number of carbonyl (C=O) groups is 2. The first kappa shape index (κ1) is 23.4. The van der Waals surface area contributed by atoms with Gasteiger partial charge in [-0.1, -0.05) is 37.7 Å². The molecule has 3 heterocycles. The summed E-state index contributed by atoms with van der Waals surface area (Å²) in [6.07, 6.45) is 2.95. The van der Waals surface area contributed by atoms with Gasteiger partial charge < -0.3 is 19.3 Å². The Morgan fingerprint density at radius 1 is 1.21 bits per heavy atom. The number of hydrogen-bond donors (Lipinski definition) is 0. The van der Waals surface area contributed by atoms with Crippen molar-refractivity contribution in [2.75, 3.05) is 27.3 Å². The van der Waals surface area contributed by atoms with Crippen molar-refractivity contribution in [2.24, 2.45) is 10.9 Å². The third-order valence-electron chi connectivity index (χ3n) is 6.51. The molecule has 33 heavy (non-hydrogen) atoms. The van der Waals surface area contributed by atoms with Crippen molar-refractivity contribution in [1.29, 1.82) is 0 Å². The van der Waals surface area contributed by atoms with Gasteiger partial charge in [0.15, 0.2) is 5.17 Å². The molecule has 7 nitrogen and oxygen atoms in total. The van der Waals surface area contributed by atoms with Crippen LogP contribution in [0.15, 0.2) is 51.6 Å². The second-order valence-electron chi connectivity index (χ2n) is 8.62. The molecule has 0 radical (unpaired) electrons. The quantitative estimate of drug-likeness (QED) is 0.572. The summed E-state index contributed by atoms with van der Waals surface area (Å²) < 4.78 is 10.6. The number of fused-ring (bicyclic) bond motifs is 1. The van der Waals surface area contributed by atoms with E-state index in [2.05, 4.69) is 6.92 Å². The minimum atomic E-state index is -0.439. The zero-order chi connectivity index (χ0) is 23.5. The zero-order valence-corrected chi connectivity index (χ0v) is 20.5. The van der Waals surface area contributed by atoms with E-state index < -0.39 is 12.0 Å². The predicted octanol–water partition coefficient (Wildman–Crippen LogP) is 4.48. The Balaban J connectivity index is 1.70. The average molecular weight is 470 g/mol. The number of rotatable bonds is 6. The lowest BCUT2D eigenvalue weighted by Crippen LogP contribution is -2.41. The number of ether oxygens (including phenoxy) is 2. The third-order valence-corrected chi connectivity index (χ3v) is 7.40. The second-order valence-corrected chi connectivity index (χ2v) is 9.45. The van der Waals surface area contributed by atoms with E-state index >= 15 is 0 Å². The van der Waals surface area contributed by atoms with Crippen LogP contribution in [0.1, 0.15) is 51.1 Å². The highest BCUT2D eigenvalue weighted by Crippen LogP contribution is 2.46. The molecule has 1 atom stereocenters. The van der Waals surface area contributed by atoms with Gasteiger partial charge in [-0.25, -0.2) is 9.79 Å². The number of aliphatic imine (C=N–C) groups is 1. The molecule has 3 aliphatic heterocycles. The van der Waals surface area contributed by atoms with Crippen molar-refractivity contribution in [1.82, 2.24) is 9.80 Å². The average Bonchev–Trinajstić information content (AvgIpc) is 3.24. The monoisotopic (exact) mass is 469 g/mol. The van der Waals surface area contributed by atoms with E-state index in [1.807, 2.05) is 46.4 Å². The maximum Gasteiger partial charge on any atom is 0.338 e. The van der Waals surface area contributed by atoms with Crippen molar-refractivity contribution >= 4 is 28.8 Å². The molecule has 1 fully saturated rings. The van der Waals surface area contributed by atoms with E-state index in [4.69, 9.17) is 14.5 Å². The maximum atomic E-state index is 13.2. The Hall–Kier alpha value is -2.74. The summed E-state index contributed by atoms with van der Waals surface area (Å²) in [4.78, 5) is 34.9. The van der Waals surface area contributed by atoms with Gasteiger partial charge in [-0.2, -0.15) is 0 Å². The first-order valence-corrected chi connectivity index (χ1v) is 12.3. The van der Waals surface area contributed by atoms with E-state index in [-0.39, 0.29) is 12.3 Å². The number of hydrogen-bond acceptors (Lipinski definition) is 7. The molecule has 3 aliphatic rings. The Bertz CT molecular complexity index is 1020. The number of thioether (sulfide) groups is 1. The van der Waals surface area contributed by atoms with Gasteiger partial charge in [0.1, 0.15) is 5.75 Å². The molecule has 0 unspecified atom stereocenters. The number of methoxy groups -OCH3 is 2. The minimum Gasteiger partial charge on any atom is -0.497 e. The largest absolute Gasteiger partial charge is 0.497 e. The van der Waals surface area contributed by atoms with Crippen LogP contribution in [-0.2, 0) is 14.3 Å². The maximum absolute atomic E-state index is 13.2. The Morgan fingerprint density at radius 2 is 1.97 bits per heavy atom. The van der Waals surface area contributed by atoms with Gasteiger partial charge in [-0.05, 0) is 48.3 Å². The van der Waals surface area contributed by atoms with Gasteiger partial charge in [-0.15, -0.1) is 0 Å². The Labute approximate surface area is 199 Å². The highest BCUT2D eigenvalue weighted by atomic mass is 32.2. The number of esters is 1. The first-order valence-electron chi connectivity index (χ1n) is 11.4. The van der Waals surface area contributed by atoms with E-state index in [1.165, 1.54) is 18.9 Å². The topological polar surface area (TPSA) is 71.4 Å². The van der Waals surface area contributed by atoms with Crippen LogP contribution < -0.4 is 4.74 Å². The standard InChI is InChI=1S/C25H31N3O4S/c1-5-20-22(24(30)32-4)23(17-7-6-8-19(13-17)31-3)28-18(15-33-25(28)26-20)14-21(29)27-11-9-16(2)10-12-27/h6-8,13,15-16,23H,5,9-12,14H2,1-4H3/t23-/m0/s1. The molecule has 0 N–H and O–H groups in total. The molecule has 176 valence electrons. The second kappa shape index (κ2) is 10.0. The van der Waals surface area contributed by atoms with Crippen LogP contribution >= 0.6 is 11.8 Å². The van der Waals surface area contributed by atoms with Gasteiger partial charge in [0.25, 0.3) is 0 Å². The van der Waals surface area contributed by atoms with Gasteiger partial charge in [-0.3, -0.25) is 4.79 Å². The molecule has 1 saturated heterocycles.